The number of hydrogen-bond acceptors (Lipinski definition) is 3. The van der Waals surface area contributed by atoms with Crippen LogP contribution in [0.15, 0.2) is 42.6 Å². The van der Waals surface area contributed by atoms with Crippen molar-refractivity contribution in [2.45, 2.75) is 143 Å². The minimum atomic E-state index is -0.107. The lowest BCUT2D eigenvalue weighted by molar-refractivity contribution is -0.700. The number of hydrogen-bond donors (Lipinski definition) is 1. The number of carbonyl (C=O) groups excluding carboxylic acids is 1. The van der Waals surface area contributed by atoms with Gasteiger partial charge in [0.15, 0.2) is 18.5 Å². The number of nitrogens with one attached hydrogen (secondary N) is 1. The molecule has 0 radical (unpaired) electrons. The number of pyridine rings is 1. The second kappa shape index (κ2) is 21.2. The van der Waals surface area contributed by atoms with Gasteiger partial charge in [-0.1, -0.05) is 117 Å². The van der Waals surface area contributed by atoms with Gasteiger partial charge in [0.1, 0.15) is 18.0 Å². The summed E-state index contributed by atoms with van der Waals surface area (Å²) in [4.78, 5) is 12.4. The van der Waals surface area contributed by atoms with Crippen molar-refractivity contribution in [2.75, 3.05) is 19.8 Å². The average Bonchev–Trinajstić information content (AvgIpc) is 2.98. The minimum Gasteiger partial charge on any atom is -0.493 e. The second-order valence-electron chi connectivity index (χ2n) is 12.7. The summed E-state index contributed by atoms with van der Waals surface area (Å²) in [5.74, 6) is 1.51. The zero-order valence-electron chi connectivity index (χ0n) is 27.6. The molecule has 1 heterocycles. The molecule has 0 saturated carbocycles. The van der Waals surface area contributed by atoms with Crippen molar-refractivity contribution in [3.63, 3.8) is 0 Å². The first-order chi connectivity index (χ1) is 20.3. The molecule has 236 valence electrons. The van der Waals surface area contributed by atoms with E-state index in [-0.39, 0.29) is 17.9 Å². The number of aryl methyl sites for hydroxylation is 1. The van der Waals surface area contributed by atoms with Crippen LogP contribution >= 0.6 is 0 Å². The van der Waals surface area contributed by atoms with Gasteiger partial charge in [-0.15, -0.1) is 0 Å². The molecule has 0 aliphatic rings. The highest BCUT2D eigenvalue weighted by molar-refractivity contribution is 5.77. The summed E-state index contributed by atoms with van der Waals surface area (Å²) in [6.45, 7) is 13.2. The normalized spacial score (nSPS) is 11.5. The number of benzene rings is 1. The number of amides is 1. The Morgan fingerprint density at radius 1 is 0.786 bits per heavy atom. The van der Waals surface area contributed by atoms with Gasteiger partial charge in [0, 0.05) is 30.7 Å². The first kappa shape index (κ1) is 35.6. The maximum absolute atomic E-state index is 12.4. The van der Waals surface area contributed by atoms with E-state index in [1.165, 1.54) is 89.2 Å². The first-order valence-electron chi connectivity index (χ1n) is 17.0. The summed E-state index contributed by atoms with van der Waals surface area (Å²) in [6, 6.07) is 12.1. The van der Waals surface area contributed by atoms with Crippen LogP contribution in [0.1, 0.15) is 136 Å². The van der Waals surface area contributed by atoms with Crippen LogP contribution in [0.5, 0.6) is 11.5 Å². The van der Waals surface area contributed by atoms with Crippen LogP contribution in [-0.2, 0) is 23.2 Å². The fraction of sp³-hybridized carbons (Fsp3) is 0.676. The van der Waals surface area contributed by atoms with E-state index in [9.17, 15) is 4.79 Å². The highest BCUT2D eigenvalue weighted by atomic mass is 16.5. The third kappa shape index (κ3) is 15.1. The van der Waals surface area contributed by atoms with Gasteiger partial charge in [-0.25, -0.2) is 4.57 Å². The molecule has 2 aromatic rings. The van der Waals surface area contributed by atoms with Crippen LogP contribution in [0.4, 0.5) is 0 Å². The number of aromatic nitrogens is 1. The third-order valence-corrected chi connectivity index (χ3v) is 7.96. The standard InChI is InChI=1S/C37H60N2O3/c1-6-8-9-10-11-12-13-14-15-16-17-18-19-22-29-41-35-25-24-33(30-34(35)37(3,4)5)42-31-36(40)38-27-26-32-23-20-21-28-39(32)7-2/h20-21,23-25,28,30H,6-19,22,26-27,29,31H2,1-5H3/p+1. The van der Waals surface area contributed by atoms with E-state index >= 15 is 0 Å². The van der Waals surface area contributed by atoms with E-state index in [0.29, 0.717) is 12.3 Å². The molecule has 1 amide bonds. The predicted octanol–water partition coefficient (Wildman–Crippen LogP) is 8.89. The minimum absolute atomic E-state index is 0.00536. The van der Waals surface area contributed by atoms with Crippen molar-refractivity contribution in [1.82, 2.24) is 5.32 Å². The summed E-state index contributed by atoms with van der Waals surface area (Å²) >= 11 is 0. The molecule has 5 heteroatoms. The van der Waals surface area contributed by atoms with E-state index in [2.05, 4.69) is 56.8 Å². The van der Waals surface area contributed by atoms with Gasteiger partial charge in [0.25, 0.3) is 5.91 Å². The number of nitrogens with zero attached hydrogens (tertiary/aromatic N) is 1. The Hall–Kier alpha value is -2.56. The highest BCUT2D eigenvalue weighted by Crippen LogP contribution is 2.34. The lowest BCUT2D eigenvalue weighted by Gasteiger charge is -2.24. The number of ether oxygens (including phenoxy) is 2. The van der Waals surface area contributed by atoms with E-state index in [1.54, 1.807) is 0 Å². The number of rotatable bonds is 23. The monoisotopic (exact) mass is 581 g/mol. The summed E-state index contributed by atoms with van der Waals surface area (Å²) in [6.07, 6.45) is 21.8. The zero-order valence-corrected chi connectivity index (χ0v) is 27.6. The van der Waals surface area contributed by atoms with Crippen LogP contribution in [-0.4, -0.2) is 25.7 Å². The Morgan fingerprint density at radius 2 is 1.40 bits per heavy atom. The van der Waals surface area contributed by atoms with Crippen molar-refractivity contribution < 1.29 is 18.8 Å². The maximum Gasteiger partial charge on any atom is 0.257 e. The average molecular weight is 582 g/mol. The van der Waals surface area contributed by atoms with Crippen molar-refractivity contribution in [2.24, 2.45) is 0 Å². The molecule has 42 heavy (non-hydrogen) atoms. The van der Waals surface area contributed by atoms with E-state index in [1.807, 2.05) is 30.3 Å². The molecule has 0 fully saturated rings. The Labute approximate surface area is 257 Å². The first-order valence-corrected chi connectivity index (χ1v) is 17.0. The molecule has 0 aliphatic heterocycles. The molecule has 1 aromatic heterocycles. The molecule has 2 rings (SSSR count). The molecule has 0 spiro atoms. The van der Waals surface area contributed by atoms with Gasteiger partial charge < -0.3 is 14.8 Å². The van der Waals surface area contributed by atoms with E-state index < -0.39 is 0 Å². The van der Waals surface area contributed by atoms with Gasteiger partial charge in [-0.05, 0) is 37.0 Å². The van der Waals surface area contributed by atoms with Crippen molar-refractivity contribution in [3.05, 3.63) is 53.9 Å². The topological polar surface area (TPSA) is 51.4 Å². The SMILES string of the molecule is CCCCCCCCCCCCCCCCOc1ccc(OCC(=O)NCCc2cccc[n+]2CC)cc1C(C)(C)C. The fourth-order valence-corrected chi connectivity index (χ4v) is 5.37. The summed E-state index contributed by atoms with van der Waals surface area (Å²) in [5.41, 5.74) is 2.23. The number of carbonyl (C=O) groups is 1. The molecule has 5 nitrogen and oxygen atoms in total. The Kier molecular flexibility index (Phi) is 18.0. The van der Waals surface area contributed by atoms with Gasteiger partial charge in [0.2, 0.25) is 0 Å². The molecule has 0 unspecified atom stereocenters. The molecule has 0 bridgehead atoms. The summed E-state index contributed by atoms with van der Waals surface area (Å²) < 4.78 is 14.3. The molecule has 0 saturated heterocycles. The van der Waals surface area contributed by atoms with E-state index in [4.69, 9.17) is 9.47 Å². The molecular weight excluding hydrogens is 520 g/mol. The van der Waals surface area contributed by atoms with E-state index in [0.717, 1.165) is 37.3 Å². The Bertz CT molecular complexity index is 999. The van der Waals surface area contributed by atoms with Crippen LogP contribution in [0.2, 0.25) is 0 Å². The van der Waals surface area contributed by atoms with Crippen LogP contribution in [0, 0.1) is 0 Å². The summed E-state index contributed by atoms with van der Waals surface area (Å²) in [5, 5.41) is 2.98. The molecule has 1 N–H and O–H groups in total. The third-order valence-electron chi connectivity index (χ3n) is 7.96. The number of unbranched alkanes of at least 4 members (excludes halogenated alkanes) is 13. The van der Waals surface area contributed by atoms with Crippen LogP contribution in [0.3, 0.4) is 0 Å². The van der Waals surface area contributed by atoms with Crippen molar-refractivity contribution in [3.8, 4) is 11.5 Å². The smallest absolute Gasteiger partial charge is 0.257 e. The zero-order chi connectivity index (χ0) is 30.5. The lowest BCUT2D eigenvalue weighted by atomic mass is 9.86. The largest absolute Gasteiger partial charge is 0.493 e. The molecule has 0 atom stereocenters. The van der Waals surface area contributed by atoms with Gasteiger partial charge in [-0.3, -0.25) is 4.79 Å². The second-order valence-corrected chi connectivity index (χ2v) is 12.7. The Balaban J connectivity index is 1.63. The lowest BCUT2D eigenvalue weighted by Crippen LogP contribution is -2.39. The highest BCUT2D eigenvalue weighted by Gasteiger charge is 2.20. The molecule has 0 aliphatic carbocycles. The van der Waals surface area contributed by atoms with Gasteiger partial charge in [0.05, 0.1) is 6.61 Å². The maximum atomic E-state index is 12.4. The van der Waals surface area contributed by atoms with Gasteiger partial charge in [-0.2, -0.15) is 0 Å². The van der Waals surface area contributed by atoms with Crippen molar-refractivity contribution >= 4 is 5.91 Å². The quantitative estimate of drug-likeness (QED) is 0.105. The van der Waals surface area contributed by atoms with Crippen LogP contribution in [0.25, 0.3) is 0 Å². The Morgan fingerprint density at radius 3 is 2.00 bits per heavy atom. The predicted molar refractivity (Wildman–Crippen MR) is 175 cm³/mol. The van der Waals surface area contributed by atoms with Gasteiger partial charge >= 0.3 is 0 Å². The molecule has 1 aromatic carbocycles. The fourth-order valence-electron chi connectivity index (χ4n) is 5.37. The van der Waals surface area contributed by atoms with Crippen LogP contribution < -0.4 is 19.4 Å². The molecular formula is C37H61N2O3+. The van der Waals surface area contributed by atoms with Crippen molar-refractivity contribution in [1.29, 1.82) is 0 Å². The summed E-state index contributed by atoms with van der Waals surface area (Å²) in [7, 11) is 0.